The Morgan fingerprint density at radius 2 is 1.89 bits per heavy atom. The van der Waals surface area contributed by atoms with Gasteiger partial charge in [0.15, 0.2) is 0 Å². The molecule has 0 heterocycles. The van der Waals surface area contributed by atoms with E-state index in [0.717, 1.165) is 13.0 Å². The van der Waals surface area contributed by atoms with Gasteiger partial charge in [-0.2, -0.15) is 0 Å². The molecule has 0 aromatic heterocycles. The molecule has 0 saturated heterocycles. The Morgan fingerprint density at radius 3 is 2.56 bits per heavy atom. The highest BCUT2D eigenvalue weighted by atomic mass is 16.1. The highest BCUT2D eigenvalue weighted by Gasteiger charge is 2.13. The summed E-state index contributed by atoms with van der Waals surface area (Å²) in [7, 11) is 1.89. The van der Waals surface area contributed by atoms with Crippen molar-refractivity contribution in [2.75, 3.05) is 13.6 Å². The first-order valence-corrected chi connectivity index (χ1v) is 6.33. The zero-order valence-corrected chi connectivity index (χ0v) is 10.9. The van der Waals surface area contributed by atoms with E-state index in [9.17, 15) is 4.79 Å². The van der Waals surface area contributed by atoms with Gasteiger partial charge in [-0.1, -0.05) is 42.5 Å². The third kappa shape index (κ3) is 2.96. The van der Waals surface area contributed by atoms with Crippen molar-refractivity contribution < 1.29 is 4.79 Å². The molecule has 0 radical (unpaired) electrons. The number of Topliss-reactive ketones (excluding diaryl/α,β-unsaturated/α-hetero) is 1. The molecular weight excluding hydrogens is 222 g/mol. The number of fused-ring (bicyclic) bond motifs is 1. The van der Waals surface area contributed by atoms with Crippen molar-refractivity contribution in [2.24, 2.45) is 5.92 Å². The van der Waals surface area contributed by atoms with Gasteiger partial charge in [0, 0.05) is 12.5 Å². The normalized spacial score (nSPS) is 12.6. The minimum Gasteiger partial charge on any atom is -0.319 e. The van der Waals surface area contributed by atoms with Crippen LogP contribution in [0.3, 0.4) is 0 Å². The summed E-state index contributed by atoms with van der Waals surface area (Å²) in [6, 6.07) is 14.7. The second kappa shape index (κ2) is 5.78. The predicted molar refractivity (Wildman–Crippen MR) is 75.7 cm³/mol. The van der Waals surface area contributed by atoms with E-state index in [2.05, 4.69) is 35.6 Å². The molecule has 2 nitrogen and oxygen atoms in total. The Balaban J connectivity index is 2.22. The van der Waals surface area contributed by atoms with Gasteiger partial charge in [-0.05, 0) is 36.7 Å². The third-order valence-corrected chi connectivity index (χ3v) is 3.32. The van der Waals surface area contributed by atoms with E-state index in [4.69, 9.17) is 0 Å². The molecule has 0 aliphatic rings. The van der Waals surface area contributed by atoms with Gasteiger partial charge in [0.1, 0.15) is 5.78 Å². The lowest BCUT2D eigenvalue weighted by molar-refractivity contribution is -0.120. The second-order valence-corrected chi connectivity index (χ2v) is 4.75. The molecule has 0 saturated carbocycles. The van der Waals surface area contributed by atoms with Gasteiger partial charge < -0.3 is 5.32 Å². The smallest absolute Gasteiger partial charge is 0.134 e. The van der Waals surface area contributed by atoms with Gasteiger partial charge >= 0.3 is 0 Å². The van der Waals surface area contributed by atoms with Crippen molar-refractivity contribution in [3.63, 3.8) is 0 Å². The van der Waals surface area contributed by atoms with Crippen molar-refractivity contribution in [3.05, 3.63) is 48.0 Å². The fraction of sp³-hybridized carbons (Fsp3) is 0.312. The number of nitrogens with one attached hydrogen (secondary N) is 1. The summed E-state index contributed by atoms with van der Waals surface area (Å²) in [6.45, 7) is 2.41. The summed E-state index contributed by atoms with van der Waals surface area (Å²) in [6.07, 6.45) is 0.807. The summed E-state index contributed by atoms with van der Waals surface area (Å²) >= 11 is 0. The van der Waals surface area contributed by atoms with E-state index >= 15 is 0 Å². The first-order chi connectivity index (χ1) is 8.70. The van der Waals surface area contributed by atoms with Gasteiger partial charge in [0.05, 0.1) is 0 Å². The topological polar surface area (TPSA) is 29.1 Å². The molecule has 18 heavy (non-hydrogen) atoms. The molecule has 2 rings (SSSR count). The van der Waals surface area contributed by atoms with Gasteiger partial charge in [-0.3, -0.25) is 4.79 Å². The first kappa shape index (κ1) is 12.8. The zero-order valence-electron chi connectivity index (χ0n) is 10.9. The van der Waals surface area contributed by atoms with Crippen LogP contribution in [0.4, 0.5) is 0 Å². The quantitative estimate of drug-likeness (QED) is 0.872. The average Bonchev–Trinajstić information content (AvgIpc) is 2.38. The third-order valence-electron chi connectivity index (χ3n) is 3.32. The molecule has 1 atom stereocenters. The number of carbonyl (C=O) groups is 1. The van der Waals surface area contributed by atoms with Crippen LogP contribution >= 0.6 is 0 Å². The molecule has 1 unspecified atom stereocenters. The van der Waals surface area contributed by atoms with E-state index in [-0.39, 0.29) is 11.7 Å². The Bertz CT molecular complexity index is 548. The van der Waals surface area contributed by atoms with Gasteiger partial charge in [-0.25, -0.2) is 0 Å². The lowest BCUT2D eigenvalue weighted by atomic mass is 9.94. The minimum absolute atomic E-state index is 0.0659. The van der Waals surface area contributed by atoms with Crippen molar-refractivity contribution in [2.45, 2.75) is 13.3 Å². The SMILES string of the molecule is CNCC(Cc1ccc2ccccc2c1)C(C)=O. The van der Waals surface area contributed by atoms with E-state index < -0.39 is 0 Å². The Hall–Kier alpha value is -1.67. The Labute approximate surface area is 108 Å². The van der Waals surface area contributed by atoms with Crippen LogP contribution in [0, 0.1) is 5.92 Å². The molecule has 2 aromatic rings. The van der Waals surface area contributed by atoms with E-state index in [1.165, 1.54) is 16.3 Å². The summed E-state index contributed by atoms with van der Waals surface area (Å²) in [5.41, 5.74) is 1.23. The Kier molecular flexibility index (Phi) is 4.11. The molecule has 94 valence electrons. The van der Waals surface area contributed by atoms with E-state index in [1.54, 1.807) is 6.92 Å². The van der Waals surface area contributed by atoms with Crippen molar-refractivity contribution in [1.82, 2.24) is 5.32 Å². The zero-order chi connectivity index (χ0) is 13.0. The van der Waals surface area contributed by atoms with Crippen LogP contribution in [0.1, 0.15) is 12.5 Å². The molecule has 2 aromatic carbocycles. The van der Waals surface area contributed by atoms with Crippen LogP contribution in [-0.4, -0.2) is 19.4 Å². The second-order valence-electron chi connectivity index (χ2n) is 4.75. The van der Waals surface area contributed by atoms with Gasteiger partial charge in [0.2, 0.25) is 0 Å². The van der Waals surface area contributed by atoms with Gasteiger partial charge in [-0.15, -0.1) is 0 Å². The minimum atomic E-state index is 0.0659. The predicted octanol–water partition coefficient (Wildman–Crippen LogP) is 2.81. The standard InChI is InChI=1S/C16H19NO/c1-12(18)16(11-17-2)10-13-7-8-14-5-3-4-6-15(14)9-13/h3-9,16-17H,10-11H2,1-2H3. The number of rotatable bonds is 5. The molecular formula is C16H19NO. The summed E-state index contributed by atoms with van der Waals surface area (Å²) in [5.74, 6) is 0.314. The fourth-order valence-corrected chi connectivity index (χ4v) is 2.26. The number of hydrogen-bond acceptors (Lipinski definition) is 2. The first-order valence-electron chi connectivity index (χ1n) is 6.33. The van der Waals surface area contributed by atoms with E-state index in [1.807, 2.05) is 19.2 Å². The summed E-state index contributed by atoms with van der Waals surface area (Å²) in [4.78, 5) is 11.6. The largest absolute Gasteiger partial charge is 0.319 e. The number of carbonyl (C=O) groups excluding carboxylic acids is 1. The molecule has 0 amide bonds. The van der Waals surface area contributed by atoms with Gasteiger partial charge in [0.25, 0.3) is 0 Å². The molecule has 1 N–H and O–H groups in total. The summed E-state index contributed by atoms with van der Waals surface area (Å²) < 4.78 is 0. The maximum atomic E-state index is 11.6. The molecule has 0 fully saturated rings. The molecule has 0 aliphatic heterocycles. The number of ketones is 1. The summed E-state index contributed by atoms with van der Waals surface area (Å²) in [5, 5.41) is 5.57. The van der Waals surface area contributed by atoms with Crippen molar-refractivity contribution in [1.29, 1.82) is 0 Å². The van der Waals surface area contributed by atoms with Crippen molar-refractivity contribution >= 4 is 16.6 Å². The highest BCUT2D eigenvalue weighted by Crippen LogP contribution is 2.18. The number of benzene rings is 2. The highest BCUT2D eigenvalue weighted by molar-refractivity contribution is 5.83. The average molecular weight is 241 g/mol. The van der Waals surface area contributed by atoms with Crippen LogP contribution in [-0.2, 0) is 11.2 Å². The molecule has 2 heteroatoms. The van der Waals surface area contributed by atoms with Crippen molar-refractivity contribution in [3.8, 4) is 0 Å². The maximum Gasteiger partial charge on any atom is 0.134 e. The fourth-order valence-electron chi connectivity index (χ4n) is 2.26. The molecule has 0 bridgehead atoms. The van der Waals surface area contributed by atoms with Crippen LogP contribution in [0.25, 0.3) is 10.8 Å². The van der Waals surface area contributed by atoms with Crippen LogP contribution in [0.5, 0.6) is 0 Å². The lowest BCUT2D eigenvalue weighted by Gasteiger charge is -2.13. The lowest BCUT2D eigenvalue weighted by Crippen LogP contribution is -2.26. The van der Waals surface area contributed by atoms with E-state index in [0.29, 0.717) is 0 Å². The monoisotopic (exact) mass is 241 g/mol. The van der Waals surface area contributed by atoms with Crippen LogP contribution in [0.15, 0.2) is 42.5 Å². The molecule has 0 spiro atoms. The van der Waals surface area contributed by atoms with Crippen LogP contribution in [0.2, 0.25) is 0 Å². The Morgan fingerprint density at radius 1 is 1.17 bits per heavy atom. The molecule has 0 aliphatic carbocycles. The van der Waals surface area contributed by atoms with Crippen LogP contribution < -0.4 is 5.32 Å². The maximum absolute atomic E-state index is 11.6. The number of hydrogen-bond donors (Lipinski definition) is 1.